The van der Waals surface area contributed by atoms with Crippen LogP contribution in [0.15, 0.2) is 11.8 Å². The largest absolute Gasteiger partial charge is 0.545 e. The van der Waals surface area contributed by atoms with Gasteiger partial charge >= 0.3 is 6.18 Å². The van der Waals surface area contributed by atoms with Crippen molar-refractivity contribution in [2.75, 3.05) is 7.11 Å². The Kier molecular flexibility index (Phi) is 3.15. The first-order valence-electron chi connectivity index (χ1n) is 4.22. The molecule has 0 aliphatic carbocycles. The van der Waals surface area contributed by atoms with E-state index in [1.165, 1.54) is 0 Å². The van der Waals surface area contributed by atoms with E-state index in [1.807, 2.05) is 0 Å². The molecule has 0 spiro atoms. The zero-order chi connectivity index (χ0) is 12.6. The van der Waals surface area contributed by atoms with E-state index in [-0.39, 0.29) is 0 Å². The third-order valence-electron chi connectivity index (χ3n) is 2.31. The lowest BCUT2D eigenvalue weighted by Gasteiger charge is -2.39. The van der Waals surface area contributed by atoms with Crippen molar-refractivity contribution in [3.63, 3.8) is 0 Å². The average molecular weight is 240 g/mol. The van der Waals surface area contributed by atoms with Gasteiger partial charge in [-0.25, -0.2) is 0 Å². The van der Waals surface area contributed by atoms with E-state index in [0.717, 1.165) is 7.11 Å². The zero-order valence-electron chi connectivity index (χ0n) is 8.17. The van der Waals surface area contributed by atoms with Gasteiger partial charge in [-0.05, 0) is 0 Å². The number of ether oxygens (including phenoxy) is 1. The van der Waals surface area contributed by atoms with Crippen LogP contribution in [0.25, 0.3) is 0 Å². The summed E-state index contributed by atoms with van der Waals surface area (Å²) < 4.78 is 42.3. The van der Waals surface area contributed by atoms with Crippen LogP contribution in [0.3, 0.4) is 0 Å². The van der Waals surface area contributed by atoms with E-state index in [2.05, 4.69) is 10.1 Å². The number of rotatable bonds is 2. The minimum atomic E-state index is -5.11. The first-order valence-corrected chi connectivity index (χ1v) is 4.22. The second kappa shape index (κ2) is 3.95. The number of carbonyl (C=O) groups is 1. The van der Waals surface area contributed by atoms with Gasteiger partial charge in [-0.2, -0.15) is 13.2 Å². The fourth-order valence-electron chi connectivity index (χ4n) is 1.38. The maximum Gasteiger partial charge on any atom is 0.421 e. The van der Waals surface area contributed by atoms with Gasteiger partial charge < -0.3 is 25.1 Å². The Bertz CT molecular complexity index is 328. The van der Waals surface area contributed by atoms with Crippen molar-refractivity contribution in [1.29, 1.82) is 0 Å². The summed E-state index contributed by atoms with van der Waals surface area (Å²) in [5, 5.41) is 22.2. The predicted molar refractivity (Wildman–Crippen MR) is 42.6 cm³/mol. The number of carboxylic acid groups (broad SMARTS) is 1. The van der Waals surface area contributed by atoms with Crippen molar-refractivity contribution in [2.24, 2.45) is 0 Å². The van der Waals surface area contributed by atoms with Gasteiger partial charge in [0, 0.05) is 25.3 Å². The highest BCUT2D eigenvalue weighted by molar-refractivity contribution is 5.87. The van der Waals surface area contributed by atoms with Crippen LogP contribution in [0, 0.1) is 0 Å². The monoisotopic (exact) mass is 240 g/mol. The highest BCUT2D eigenvalue weighted by Crippen LogP contribution is 2.40. The molecule has 1 heterocycles. The number of methoxy groups -OCH3 is 1. The Labute approximate surface area is 88.5 Å². The molecule has 1 aliphatic rings. The van der Waals surface area contributed by atoms with Gasteiger partial charge in [0.2, 0.25) is 0 Å². The Morgan fingerprint density at radius 2 is 2.31 bits per heavy atom. The molecule has 0 aromatic carbocycles. The third-order valence-corrected chi connectivity index (χ3v) is 2.31. The number of carboxylic acids is 1. The molecule has 2 atom stereocenters. The number of hydrogen-bond acceptors (Lipinski definition) is 5. The maximum atomic E-state index is 12.6. The van der Waals surface area contributed by atoms with Crippen molar-refractivity contribution in [1.82, 2.24) is 5.32 Å². The molecule has 0 bridgehead atoms. The number of aliphatic hydroxyl groups is 1. The molecule has 0 aromatic rings. The van der Waals surface area contributed by atoms with E-state index in [0.29, 0.717) is 6.20 Å². The average Bonchev–Trinajstić information content (AvgIpc) is 2.15. The molecule has 0 fully saturated rings. The summed E-state index contributed by atoms with van der Waals surface area (Å²) in [4.78, 5) is 10.5. The third kappa shape index (κ3) is 1.98. The van der Waals surface area contributed by atoms with Crippen molar-refractivity contribution in [3.8, 4) is 0 Å². The van der Waals surface area contributed by atoms with Crippen LogP contribution in [0.4, 0.5) is 13.2 Å². The van der Waals surface area contributed by atoms with E-state index in [9.17, 15) is 28.2 Å². The van der Waals surface area contributed by atoms with Crippen LogP contribution in [0.2, 0.25) is 0 Å². The molecule has 5 nitrogen and oxygen atoms in total. The summed E-state index contributed by atoms with van der Waals surface area (Å²) in [5.41, 5.74) is -4.72. The number of nitrogens with one attached hydrogen (secondary N) is 1. The molecule has 1 aliphatic heterocycles. The molecule has 92 valence electrons. The van der Waals surface area contributed by atoms with Crippen molar-refractivity contribution in [3.05, 3.63) is 11.8 Å². The molecule has 1 rings (SSSR count). The summed E-state index contributed by atoms with van der Waals surface area (Å²) in [6.45, 7) is 0. The summed E-state index contributed by atoms with van der Waals surface area (Å²) in [6.07, 6.45) is -6.64. The SMILES string of the molecule is COC1CC(O)(C(F)(F)F)C(C(=O)[O-])=CN1. The van der Waals surface area contributed by atoms with Crippen LogP contribution in [0.1, 0.15) is 6.42 Å². The normalized spacial score (nSPS) is 30.6. The van der Waals surface area contributed by atoms with Gasteiger partial charge in [0.1, 0.15) is 6.23 Å². The molecular weight excluding hydrogens is 231 g/mol. The molecule has 0 aromatic heterocycles. The Balaban J connectivity index is 3.16. The van der Waals surface area contributed by atoms with E-state index < -0.39 is 36.0 Å². The molecule has 0 saturated heterocycles. The van der Waals surface area contributed by atoms with Gasteiger partial charge in [-0.1, -0.05) is 0 Å². The molecule has 2 unspecified atom stereocenters. The fraction of sp³-hybridized carbons (Fsp3) is 0.625. The Hall–Kier alpha value is -1.28. The van der Waals surface area contributed by atoms with Crippen LogP contribution in [-0.2, 0) is 9.53 Å². The Morgan fingerprint density at radius 3 is 2.69 bits per heavy atom. The van der Waals surface area contributed by atoms with Crippen LogP contribution in [0.5, 0.6) is 0 Å². The first-order chi connectivity index (χ1) is 7.22. The minimum Gasteiger partial charge on any atom is -0.545 e. The molecule has 16 heavy (non-hydrogen) atoms. The first kappa shape index (κ1) is 12.8. The lowest BCUT2D eigenvalue weighted by Crippen LogP contribution is -2.58. The van der Waals surface area contributed by atoms with Crippen LogP contribution in [-0.4, -0.2) is 36.2 Å². The number of hydrogen-bond donors (Lipinski definition) is 2. The van der Waals surface area contributed by atoms with E-state index >= 15 is 0 Å². The number of alkyl halides is 3. The molecular formula is C8H9F3NO4-. The fourth-order valence-corrected chi connectivity index (χ4v) is 1.38. The molecule has 0 saturated carbocycles. The van der Waals surface area contributed by atoms with Crippen molar-refractivity contribution < 1.29 is 32.9 Å². The van der Waals surface area contributed by atoms with Gasteiger partial charge in [-0.15, -0.1) is 0 Å². The molecule has 0 amide bonds. The topological polar surface area (TPSA) is 81.6 Å². The summed E-state index contributed by atoms with van der Waals surface area (Å²) in [7, 11) is 1.13. The Morgan fingerprint density at radius 1 is 1.75 bits per heavy atom. The number of halogens is 3. The van der Waals surface area contributed by atoms with E-state index in [4.69, 9.17) is 0 Å². The molecule has 2 N–H and O–H groups in total. The van der Waals surface area contributed by atoms with Gasteiger partial charge in [0.25, 0.3) is 0 Å². The second-order valence-corrected chi connectivity index (χ2v) is 3.30. The summed E-state index contributed by atoms with van der Waals surface area (Å²) in [6, 6.07) is 0. The quantitative estimate of drug-likeness (QED) is 0.639. The molecule has 8 heteroatoms. The summed E-state index contributed by atoms with van der Waals surface area (Å²) in [5.74, 6) is -2.08. The highest BCUT2D eigenvalue weighted by Gasteiger charge is 2.58. The van der Waals surface area contributed by atoms with Gasteiger partial charge in [0.15, 0.2) is 5.60 Å². The lowest BCUT2D eigenvalue weighted by molar-refractivity contribution is -0.310. The van der Waals surface area contributed by atoms with Crippen molar-refractivity contribution in [2.45, 2.75) is 24.4 Å². The van der Waals surface area contributed by atoms with Gasteiger partial charge in [0.05, 0.1) is 5.97 Å². The van der Waals surface area contributed by atoms with Crippen molar-refractivity contribution >= 4 is 5.97 Å². The lowest BCUT2D eigenvalue weighted by atomic mass is 9.87. The highest BCUT2D eigenvalue weighted by atomic mass is 19.4. The van der Waals surface area contributed by atoms with E-state index in [1.54, 1.807) is 0 Å². The van der Waals surface area contributed by atoms with Crippen LogP contribution >= 0.6 is 0 Å². The summed E-state index contributed by atoms with van der Waals surface area (Å²) >= 11 is 0. The molecule has 0 radical (unpaired) electrons. The standard InChI is InChI=1S/C8H10F3NO4/c1-16-5-2-7(15,8(9,10)11)4(3-12-5)6(13)14/h3,5,12,15H,2H2,1H3,(H,13,14)/p-1. The van der Waals surface area contributed by atoms with Gasteiger partial charge in [-0.3, -0.25) is 0 Å². The number of carbonyl (C=O) groups excluding carboxylic acids is 1. The maximum absolute atomic E-state index is 12.6. The van der Waals surface area contributed by atoms with Crippen LogP contribution < -0.4 is 10.4 Å². The number of aliphatic carboxylic acids is 1. The predicted octanol–water partition coefficient (Wildman–Crippen LogP) is -1.12. The zero-order valence-corrected chi connectivity index (χ0v) is 8.17. The minimum absolute atomic E-state index is 0.542. The second-order valence-electron chi connectivity index (χ2n) is 3.30. The smallest absolute Gasteiger partial charge is 0.421 e.